The summed E-state index contributed by atoms with van der Waals surface area (Å²) in [4.78, 5) is 0. The second kappa shape index (κ2) is 6.20. The third-order valence-corrected chi connectivity index (χ3v) is 2.96. The summed E-state index contributed by atoms with van der Waals surface area (Å²) in [7, 11) is 0. The van der Waals surface area contributed by atoms with E-state index in [2.05, 4.69) is 5.43 Å². The summed E-state index contributed by atoms with van der Waals surface area (Å²) in [6.45, 7) is 2.17. The Labute approximate surface area is 112 Å². The van der Waals surface area contributed by atoms with Crippen LogP contribution in [0.4, 0.5) is 10.1 Å². The molecule has 100 valence electrons. The van der Waals surface area contributed by atoms with Crippen molar-refractivity contribution in [3.05, 3.63) is 59.5 Å². The minimum absolute atomic E-state index is 0.220. The van der Waals surface area contributed by atoms with Crippen LogP contribution in [-0.4, -0.2) is 6.61 Å². The number of hydrogen-bond donors (Lipinski definition) is 2. The van der Waals surface area contributed by atoms with Gasteiger partial charge in [0, 0.05) is 5.57 Å². The van der Waals surface area contributed by atoms with E-state index in [1.54, 1.807) is 6.08 Å². The Balaban J connectivity index is 2.04. The fraction of sp³-hybridized carbons (Fsp3) is 0.200. The highest BCUT2D eigenvalue weighted by molar-refractivity contribution is 5.52. The van der Waals surface area contributed by atoms with Crippen molar-refractivity contribution in [2.24, 2.45) is 5.84 Å². The van der Waals surface area contributed by atoms with Gasteiger partial charge in [0.25, 0.3) is 0 Å². The Morgan fingerprint density at radius 3 is 2.95 bits per heavy atom. The molecule has 3 nitrogen and oxygen atoms in total. The number of aryl methyl sites for hydroxylation is 1. The molecule has 0 fully saturated rings. The molecule has 0 amide bonds. The van der Waals surface area contributed by atoms with Gasteiger partial charge < -0.3 is 10.2 Å². The van der Waals surface area contributed by atoms with E-state index in [1.807, 2.05) is 37.3 Å². The van der Waals surface area contributed by atoms with E-state index in [9.17, 15) is 4.39 Å². The van der Waals surface area contributed by atoms with Gasteiger partial charge in [0.2, 0.25) is 0 Å². The van der Waals surface area contributed by atoms with E-state index >= 15 is 0 Å². The van der Waals surface area contributed by atoms with E-state index in [4.69, 9.17) is 10.6 Å². The van der Waals surface area contributed by atoms with Crippen molar-refractivity contribution >= 4 is 5.69 Å². The predicted molar refractivity (Wildman–Crippen MR) is 75.5 cm³/mol. The maximum absolute atomic E-state index is 13.7. The zero-order valence-corrected chi connectivity index (χ0v) is 10.8. The number of nitrogen functional groups attached to an aromatic ring is 1. The van der Waals surface area contributed by atoms with E-state index in [0.717, 1.165) is 11.3 Å². The Bertz CT molecular complexity index is 547. The van der Waals surface area contributed by atoms with Crippen LogP contribution in [0.1, 0.15) is 12.0 Å². The summed E-state index contributed by atoms with van der Waals surface area (Å²) in [6, 6.07) is 5.52. The highest BCUT2D eigenvalue weighted by Crippen LogP contribution is 2.22. The summed E-state index contributed by atoms with van der Waals surface area (Å²) in [5.74, 6) is 5.85. The first-order chi connectivity index (χ1) is 9.20. The molecule has 4 heteroatoms. The predicted octanol–water partition coefficient (Wildman–Crippen LogP) is 3.40. The summed E-state index contributed by atoms with van der Waals surface area (Å²) in [6.07, 6.45) is 7.45. The molecule has 0 atom stereocenters. The van der Waals surface area contributed by atoms with Crippen LogP contribution in [0.2, 0.25) is 0 Å². The van der Waals surface area contributed by atoms with Crippen LogP contribution in [0.25, 0.3) is 0 Å². The van der Waals surface area contributed by atoms with Crippen LogP contribution in [0, 0.1) is 6.92 Å². The van der Waals surface area contributed by atoms with Gasteiger partial charge in [-0.2, -0.15) is 0 Å². The van der Waals surface area contributed by atoms with Gasteiger partial charge in [-0.1, -0.05) is 18.2 Å². The molecular formula is C15H17FN2O. The molecule has 0 aromatic heterocycles. The summed E-state index contributed by atoms with van der Waals surface area (Å²) in [5.41, 5.74) is 5.07. The molecule has 0 aliphatic heterocycles. The minimum Gasteiger partial charge on any atom is -0.489 e. The number of nitrogens with two attached hydrogens (primary N) is 1. The van der Waals surface area contributed by atoms with Crippen LogP contribution in [0.5, 0.6) is 5.75 Å². The summed E-state index contributed by atoms with van der Waals surface area (Å²) < 4.78 is 19.3. The monoisotopic (exact) mass is 260 g/mol. The molecule has 0 saturated carbocycles. The number of allylic oxidation sites excluding steroid dienone is 5. The Kier molecular flexibility index (Phi) is 4.36. The Hall–Kier alpha value is -2.07. The molecule has 1 aliphatic rings. The zero-order chi connectivity index (χ0) is 13.7. The number of rotatable bonds is 4. The van der Waals surface area contributed by atoms with Crippen molar-refractivity contribution < 1.29 is 9.13 Å². The van der Waals surface area contributed by atoms with Gasteiger partial charge in [-0.05, 0) is 43.2 Å². The van der Waals surface area contributed by atoms with E-state index in [0.29, 0.717) is 17.7 Å². The highest BCUT2D eigenvalue weighted by Gasteiger charge is 2.07. The fourth-order valence-corrected chi connectivity index (χ4v) is 1.83. The molecule has 19 heavy (non-hydrogen) atoms. The highest BCUT2D eigenvalue weighted by atomic mass is 19.1. The number of benzene rings is 1. The lowest BCUT2D eigenvalue weighted by Crippen LogP contribution is -2.08. The van der Waals surface area contributed by atoms with Gasteiger partial charge in [0.05, 0.1) is 5.69 Å². The van der Waals surface area contributed by atoms with Crippen molar-refractivity contribution in [1.82, 2.24) is 0 Å². The maximum Gasteiger partial charge on any atom is 0.126 e. The zero-order valence-electron chi connectivity index (χ0n) is 10.8. The Morgan fingerprint density at radius 1 is 1.37 bits per heavy atom. The van der Waals surface area contributed by atoms with E-state index < -0.39 is 0 Å². The van der Waals surface area contributed by atoms with Crippen LogP contribution in [0.3, 0.4) is 0 Å². The molecule has 3 N–H and O–H groups in total. The smallest absolute Gasteiger partial charge is 0.126 e. The van der Waals surface area contributed by atoms with Crippen LogP contribution in [0.15, 0.2) is 53.9 Å². The third-order valence-electron chi connectivity index (χ3n) is 2.96. The summed E-state index contributed by atoms with van der Waals surface area (Å²) >= 11 is 0. The van der Waals surface area contributed by atoms with E-state index in [1.165, 1.54) is 6.08 Å². The van der Waals surface area contributed by atoms with Crippen molar-refractivity contribution in [1.29, 1.82) is 0 Å². The van der Waals surface area contributed by atoms with E-state index in [-0.39, 0.29) is 12.4 Å². The molecule has 0 unspecified atom stereocenters. The largest absolute Gasteiger partial charge is 0.489 e. The topological polar surface area (TPSA) is 47.3 Å². The van der Waals surface area contributed by atoms with Gasteiger partial charge in [-0.25, -0.2) is 4.39 Å². The van der Waals surface area contributed by atoms with Crippen molar-refractivity contribution in [2.75, 3.05) is 12.0 Å². The van der Waals surface area contributed by atoms with Crippen molar-refractivity contribution in [3.63, 3.8) is 0 Å². The lowest BCUT2D eigenvalue weighted by atomic mass is 10.1. The molecule has 0 radical (unpaired) electrons. The van der Waals surface area contributed by atoms with Gasteiger partial charge in [0.15, 0.2) is 0 Å². The lowest BCUT2D eigenvalue weighted by molar-refractivity contribution is 0.345. The van der Waals surface area contributed by atoms with Gasteiger partial charge in [0.1, 0.15) is 18.2 Å². The molecule has 0 spiro atoms. The molecule has 2 rings (SSSR count). The lowest BCUT2D eigenvalue weighted by Gasteiger charge is -2.11. The first kappa shape index (κ1) is 13.4. The van der Waals surface area contributed by atoms with Crippen LogP contribution < -0.4 is 16.0 Å². The van der Waals surface area contributed by atoms with Crippen molar-refractivity contribution in [3.8, 4) is 5.75 Å². The first-order valence-corrected chi connectivity index (χ1v) is 6.11. The van der Waals surface area contributed by atoms with Gasteiger partial charge >= 0.3 is 0 Å². The number of nitrogens with one attached hydrogen (secondary N) is 1. The molecule has 0 bridgehead atoms. The molecule has 1 aliphatic carbocycles. The average molecular weight is 260 g/mol. The number of ether oxygens (including phenoxy) is 1. The summed E-state index contributed by atoms with van der Waals surface area (Å²) in [5, 5.41) is 0. The minimum atomic E-state index is -0.220. The maximum atomic E-state index is 13.7. The second-order valence-electron chi connectivity index (χ2n) is 4.35. The molecule has 0 heterocycles. The molecular weight excluding hydrogens is 243 g/mol. The van der Waals surface area contributed by atoms with Crippen LogP contribution >= 0.6 is 0 Å². The molecule has 1 aromatic rings. The number of hydrogen-bond acceptors (Lipinski definition) is 3. The van der Waals surface area contributed by atoms with Crippen LogP contribution in [-0.2, 0) is 0 Å². The number of hydrazine groups is 1. The van der Waals surface area contributed by atoms with Gasteiger partial charge in [-0.15, -0.1) is 0 Å². The molecule has 0 saturated heterocycles. The second-order valence-corrected chi connectivity index (χ2v) is 4.35. The van der Waals surface area contributed by atoms with Gasteiger partial charge in [-0.3, -0.25) is 5.84 Å². The Morgan fingerprint density at radius 2 is 2.21 bits per heavy atom. The quantitative estimate of drug-likeness (QED) is 0.644. The normalized spacial score (nSPS) is 14.5. The number of halogens is 1. The third kappa shape index (κ3) is 3.45. The van der Waals surface area contributed by atoms with Crippen molar-refractivity contribution in [2.45, 2.75) is 13.3 Å². The number of anilines is 1. The molecule has 1 aromatic carbocycles. The fourth-order valence-electron chi connectivity index (χ4n) is 1.83. The SMILES string of the molecule is Cc1cc(OCC2=C(F)C=CC=CC2)ccc1NN. The first-order valence-electron chi connectivity index (χ1n) is 6.11. The standard InChI is InChI=1S/C15H17FN2O/c1-11-9-13(7-8-15(11)18-17)19-10-12-5-3-2-4-6-14(12)16/h2-4,6-9,18H,5,10,17H2,1H3. The average Bonchev–Trinajstić information content (AvgIpc) is 2.61.